The number of alkyl carbamates (subject to hydrolysis) is 1. The molecule has 0 saturated carbocycles. The van der Waals surface area contributed by atoms with Gasteiger partial charge in [0.15, 0.2) is 24.7 Å². The number of halogens is 10. The fourth-order valence-corrected chi connectivity index (χ4v) is 4.02. The lowest BCUT2D eigenvalue weighted by molar-refractivity contribution is -0.138. The van der Waals surface area contributed by atoms with E-state index < -0.39 is 119 Å². The number of aliphatic carboxylic acids is 1. The first-order chi connectivity index (χ1) is 25.5. The van der Waals surface area contributed by atoms with Gasteiger partial charge < -0.3 is 30.0 Å². The molecule has 0 bridgehead atoms. The normalized spacial score (nSPS) is 11.1. The van der Waals surface area contributed by atoms with Crippen molar-refractivity contribution < 1.29 is 82.4 Å². The number of ketones is 1. The maximum absolute atomic E-state index is 13.3. The Balaban J connectivity index is 0.000000291. The molecule has 0 aromatic heterocycles. The first-order valence-corrected chi connectivity index (χ1v) is 14.8. The fraction of sp³-hybridized carbons (Fsp3) is 0.176. The molecule has 0 fully saturated rings. The smallest absolute Gasteiger partial charge is 0.408 e. The van der Waals surface area contributed by atoms with Gasteiger partial charge in [0.05, 0.1) is 0 Å². The van der Waals surface area contributed by atoms with Crippen molar-refractivity contribution in [2.75, 3.05) is 19.8 Å². The minimum Gasteiger partial charge on any atom is -0.480 e. The monoisotopic (exact) mass is 778 g/mol. The Bertz CT molecular complexity index is 1860. The summed E-state index contributed by atoms with van der Waals surface area (Å²) in [6.45, 7) is -3.30. The summed E-state index contributed by atoms with van der Waals surface area (Å²) in [6.07, 6.45) is -0.535. The van der Waals surface area contributed by atoms with Crippen LogP contribution in [0.3, 0.4) is 0 Å². The zero-order valence-corrected chi connectivity index (χ0v) is 27.0. The molecule has 288 valence electrons. The molecule has 4 rings (SSSR count). The molecule has 4 aromatic carbocycles. The number of rotatable bonds is 14. The molecule has 0 saturated heterocycles. The van der Waals surface area contributed by atoms with Crippen molar-refractivity contribution in [3.05, 3.63) is 130 Å². The molecular formula is C34H24F10N2O8. The van der Waals surface area contributed by atoms with Crippen molar-refractivity contribution in [1.82, 2.24) is 10.6 Å². The fourth-order valence-electron chi connectivity index (χ4n) is 4.02. The van der Waals surface area contributed by atoms with E-state index in [0.717, 1.165) is 11.1 Å². The van der Waals surface area contributed by atoms with Gasteiger partial charge in [-0.15, -0.1) is 0 Å². The van der Waals surface area contributed by atoms with E-state index >= 15 is 0 Å². The number of amides is 2. The zero-order valence-electron chi connectivity index (χ0n) is 27.0. The molecule has 0 radical (unpaired) electrons. The standard InChI is InChI=1S/C19H20N2O5.C15H4F10O3/c22-17(23)12-20-18(24)16(11-14-7-3-1-4-8-14)21-19(25)26-13-15-9-5-2-6-10-15;16-4-6(18)10(22)14(11(23)7(4)19)27-1-3(26)2-28-15-12(24)8(20)5(17)9(21)13(15)25/h1-10,16H,11-13H2,(H,20,24)(H,21,25)(H,22,23);1-2H2/t16-;/m0./s1. The topological polar surface area (TPSA) is 140 Å². The van der Waals surface area contributed by atoms with E-state index in [1.54, 1.807) is 0 Å². The van der Waals surface area contributed by atoms with Crippen molar-refractivity contribution in [2.24, 2.45) is 0 Å². The molecule has 0 spiro atoms. The highest BCUT2D eigenvalue weighted by molar-refractivity contribution is 5.88. The molecule has 0 heterocycles. The van der Waals surface area contributed by atoms with Crippen LogP contribution in [0.4, 0.5) is 48.7 Å². The molecule has 1 atom stereocenters. The summed E-state index contributed by atoms with van der Waals surface area (Å²) in [5, 5.41) is 13.5. The number of benzene rings is 4. The lowest BCUT2D eigenvalue weighted by Crippen LogP contribution is -2.49. The van der Waals surface area contributed by atoms with E-state index in [0.29, 0.717) is 0 Å². The van der Waals surface area contributed by atoms with Crippen molar-refractivity contribution >= 4 is 23.8 Å². The number of carboxylic acids is 1. The van der Waals surface area contributed by atoms with E-state index in [-0.39, 0.29) is 13.0 Å². The molecular weight excluding hydrogens is 754 g/mol. The van der Waals surface area contributed by atoms with Crippen LogP contribution >= 0.6 is 0 Å². The van der Waals surface area contributed by atoms with Crippen molar-refractivity contribution in [2.45, 2.75) is 19.1 Å². The third-order valence-corrected chi connectivity index (χ3v) is 6.61. The second-order valence-corrected chi connectivity index (χ2v) is 10.5. The first kappa shape index (κ1) is 42.1. The van der Waals surface area contributed by atoms with E-state index in [1.807, 2.05) is 60.7 Å². The quantitative estimate of drug-likeness (QED) is 0.0826. The molecule has 4 aromatic rings. The Morgan fingerprint density at radius 3 is 1.37 bits per heavy atom. The highest BCUT2D eigenvalue weighted by Crippen LogP contribution is 2.30. The van der Waals surface area contributed by atoms with Crippen LogP contribution in [0.2, 0.25) is 0 Å². The van der Waals surface area contributed by atoms with E-state index in [2.05, 4.69) is 20.1 Å². The van der Waals surface area contributed by atoms with Crippen LogP contribution in [0.1, 0.15) is 11.1 Å². The number of ether oxygens (including phenoxy) is 3. The average Bonchev–Trinajstić information content (AvgIpc) is 3.16. The highest BCUT2D eigenvalue weighted by atomic mass is 19.2. The van der Waals surface area contributed by atoms with Crippen LogP contribution in [0.15, 0.2) is 60.7 Å². The predicted octanol–water partition coefficient (Wildman–Crippen LogP) is 5.83. The van der Waals surface area contributed by atoms with Gasteiger partial charge in [-0.25, -0.2) is 31.1 Å². The van der Waals surface area contributed by atoms with Gasteiger partial charge in [-0.3, -0.25) is 14.4 Å². The second-order valence-electron chi connectivity index (χ2n) is 10.5. The number of Topliss-reactive ketones (excluding diaryl/α,β-unsaturated/α-hetero) is 1. The number of carboxylic acid groups (broad SMARTS) is 1. The third-order valence-electron chi connectivity index (χ3n) is 6.61. The van der Waals surface area contributed by atoms with Crippen LogP contribution in [-0.4, -0.2) is 54.7 Å². The summed E-state index contributed by atoms with van der Waals surface area (Å²) >= 11 is 0. The maximum atomic E-state index is 13.3. The Hall–Kier alpha value is -6.34. The van der Waals surface area contributed by atoms with Crippen LogP contribution < -0.4 is 20.1 Å². The van der Waals surface area contributed by atoms with E-state index in [4.69, 9.17) is 9.84 Å². The molecule has 2 amide bonds. The molecule has 54 heavy (non-hydrogen) atoms. The Morgan fingerprint density at radius 2 is 0.963 bits per heavy atom. The van der Waals surface area contributed by atoms with E-state index in [9.17, 15) is 63.1 Å². The SMILES string of the molecule is O=C(COc1c(F)c(F)c(F)c(F)c1F)COc1c(F)c(F)c(F)c(F)c1F.O=C(O)CNC(=O)[C@H](Cc1ccccc1)NC(=O)OCc1ccccc1. The van der Waals surface area contributed by atoms with Crippen molar-refractivity contribution in [3.63, 3.8) is 0 Å². The summed E-state index contributed by atoms with van der Waals surface area (Å²) in [6, 6.07) is 17.3. The van der Waals surface area contributed by atoms with Gasteiger partial charge in [-0.2, -0.15) is 17.6 Å². The first-order valence-electron chi connectivity index (χ1n) is 14.8. The number of carbonyl (C=O) groups excluding carboxylic acids is 3. The van der Waals surface area contributed by atoms with Gasteiger partial charge >= 0.3 is 12.1 Å². The summed E-state index contributed by atoms with van der Waals surface area (Å²) < 4.78 is 144. The lowest BCUT2D eigenvalue weighted by atomic mass is 10.1. The predicted molar refractivity (Wildman–Crippen MR) is 163 cm³/mol. The van der Waals surface area contributed by atoms with Gasteiger partial charge in [-0.1, -0.05) is 60.7 Å². The molecule has 3 N–H and O–H groups in total. The van der Waals surface area contributed by atoms with Crippen LogP contribution in [0.5, 0.6) is 11.5 Å². The largest absolute Gasteiger partial charge is 0.480 e. The van der Waals surface area contributed by atoms with Gasteiger partial charge in [-0.05, 0) is 11.1 Å². The summed E-state index contributed by atoms with van der Waals surface area (Å²) in [7, 11) is 0. The lowest BCUT2D eigenvalue weighted by Gasteiger charge is -2.18. The van der Waals surface area contributed by atoms with Crippen molar-refractivity contribution in [3.8, 4) is 11.5 Å². The molecule has 20 heteroatoms. The maximum Gasteiger partial charge on any atom is 0.408 e. The van der Waals surface area contributed by atoms with Crippen LogP contribution in [0, 0.1) is 58.2 Å². The van der Waals surface area contributed by atoms with E-state index in [1.165, 1.54) is 0 Å². The zero-order chi connectivity index (χ0) is 40.1. The summed E-state index contributed by atoms with van der Waals surface area (Å²) in [5.41, 5.74) is 1.64. The number of carbonyl (C=O) groups is 4. The molecule has 0 aliphatic carbocycles. The van der Waals surface area contributed by atoms with Gasteiger partial charge in [0, 0.05) is 6.42 Å². The number of hydrogen-bond acceptors (Lipinski definition) is 7. The molecule has 0 aliphatic heterocycles. The minimum atomic E-state index is -2.48. The van der Waals surface area contributed by atoms with Crippen LogP contribution in [-0.2, 0) is 32.1 Å². The summed E-state index contributed by atoms with van der Waals surface area (Å²) in [4.78, 5) is 46.3. The highest BCUT2D eigenvalue weighted by Gasteiger charge is 2.29. The van der Waals surface area contributed by atoms with Crippen molar-refractivity contribution in [1.29, 1.82) is 0 Å². The molecule has 10 nitrogen and oxygen atoms in total. The molecule has 0 unspecified atom stereocenters. The summed E-state index contributed by atoms with van der Waals surface area (Å²) in [5.74, 6) is -30.8. The Labute approximate surface area is 297 Å². The number of hydrogen-bond donors (Lipinski definition) is 3. The second kappa shape index (κ2) is 19.5. The third kappa shape index (κ3) is 11.3. The average molecular weight is 779 g/mol. The number of nitrogens with one attached hydrogen (secondary N) is 2. The van der Waals surface area contributed by atoms with Crippen LogP contribution in [0.25, 0.3) is 0 Å². The minimum absolute atomic E-state index is 0.0709. The Kier molecular flexibility index (Phi) is 15.2. The van der Waals surface area contributed by atoms with Gasteiger partial charge in [0.1, 0.15) is 19.2 Å². The molecule has 0 aliphatic rings. The van der Waals surface area contributed by atoms with Gasteiger partial charge in [0.2, 0.25) is 69.9 Å². The van der Waals surface area contributed by atoms with Gasteiger partial charge in [0.25, 0.3) is 0 Å². The Morgan fingerprint density at radius 1 is 0.574 bits per heavy atom.